The summed E-state index contributed by atoms with van der Waals surface area (Å²) in [7, 11) is 1.20. The Hall–Kier alpha value is -1.53. The average Bonchev–Trinajstić information content (AvgIpc) is 2.37. The molecule has 0 aliphatic rings. The van der Waals surface area contributed by atoms with E-state index in [2.05, 4.69) is 9.98 Å². The van der Waals surface area contributed by atoms with Gasteiger partial charge in [-0.25, -0.2) is 8.78 Å². The molecule has 0 unspecified atom stereocenters. The molecule has 0 aliphatic heterocycles. The van der Waals surface area contributed by atoms with Crippen molar-refractivity contribution in [3.63, 3.8) is 0 Å². The van der Waals surface area contributed by atoms with Gasteiger partial charge in [0, 0.05) is 31.4 Å². The van der Waals surface area contributed by atoms with Crippen LogP contribution in [0.3, 0.4) is 0 Å². The van der Waals surface area contributed by atoms with Gasteiger partial charge in [-0.05, 0) is 6.20 Å². The second-order valence-corrected chi connectivity index (χ2v) is 4.49. The fourth-order valence-corrected chi connectivity index (χ4v) is 2.13. The van der Waals surface area contributed by atoms with Crippen LogP contribution < -0.4 is 5.73 Å². The van der Waals surface area contributed by atoms with Crippen molar-refractivity contribution >= 4 is 34.7 Å². The number of pyridine rings is 1. The van der Waals surface area contributed by atoms with Crippen molar-refractivity contribution in [3.05, 3.63) is 39.8 Å². The molecule has 2 N–H and O–H groups in total. The Morgan fingerprint density at radius 3 is 2.40 bits per heavy atom. The number of aliphatic imine (C=N–C) groups is 1. The molecule has 1 aromatic heterocycles. The van der Waals surface area contributed by atoms with Crippen LogP contribution in [0.2, 0.25) is 10.0 Å². The maximum absolute atomic E-state index is 12.7. The highest BCUT2D eigenvalue weighted by Gasteiger charge is 2.22. The van der Waals surface area contributed by atoms with Crippen molar-refractivity contribution < 1.29 is 13.6 Å². The Morgan fingerprint density at radius 1 is 1.45 bits per heavy atom. The molecule has 20 heavy (non-hydrogen) atoms. The molecule has 0 saturated carbocycles. The first kappa shape index (κ1) is 16.5. The summed E-state index contributed by atoms with van der Waals surface area (Å²) in [5, 5.41) is 0.0943. The summed E-state index contributed by atoms with van der Waals surface area (Å²) in [5.74, 6) is -0.541. The zero-order valence-electron chi connectivity index (χ0n) is 10.4. The van der Waals surface area contributed by atoms with Crippen LogP contribution in [-0.2, 0) is 0 Å². The standard InChI is InChI=1S/C12H11Cl2F2N3O/c1-18-11(12(15)16)6(3-17)2-9(20)10-7(13)4-19-5-8(10)14/h3-5,12H,2,17H2,1H3. The number of halogens is 4. The molecule has 4 nitrogen and oxygen atoms in total. The van der Waals surface area contributed by atoms with Crippen LogP contribution in [-0.4, -0.2) is 30.0 Å². The summed E-state index contributed by atoms with van der Waals surface area (Å²) in [6, 6.07) is 0. The van der Waals surface area contributed by atoms with Gasteiger partial charge in [-0.1, -0.05) is 23.2 Å². The zero-order chi connectivity index (χ0) is 15.3. The van der Waals surface area contributed by atoms with Crippen LogP contribution in [0, 0.1) is 0 Å². The fraction of sp³-hybridized carbons (Fsp3) is 0.250. The molecule has 0 aliphatic carbocycles. The number of hydrogen-bond donors (Lipinski definition) is 1. The number of allylic oxidation sites excluding steroid dienone is 1. The number of rotatable bonds is 5. The van der Waals surface area contributed by atoms with E-state index >= 15 is 0 Å². The number of aromatic nitrogens is 1. The van der Waals surface area contributed by atoms with E-state index in [1.165, 1.54) is 19.4 Å². The van der Waals surface area contributed by atoms with Gasteiger partial charge in [-0.15, -0.1) is 0 Å². The van der Waals surface area contributed by atoms with Crippen LogP contribution in [0.15, 0.2) is 29.2 Å². The highest BCUT2D eigenvalue weighted by Crippen LogP contribution is 2.26. The van der Waals surface area contributed by atoms with Crippen LogP contribution in [0.5, 0.6) is 0 Å². The Morgan fingerprint density at radius 2 is 2.00 bits per heavy atom. The monoisotopic (exact) mass is 321 g/mol. The fourth-order valence-electron chi connectivity index (χ4n) is 1.56. The number of alkyl halides is 2. The first-order valence-corrected chi connectivity index (χ1v) is 6.16. The minimum atomic E-state index is -2.83. The predicted octanol–water partition coefficient (Wildman–Crippen LogP) is 3.14. The van der Waals surface area contributed by atoms with Crippen molar-refractivity contribution in [3.8, 4) is 0 Å². The molecule has 0 aromatic carbocycles. The number of carbonyl (C=O) groups is 1. The third-order valence-electron chi connectivity index (χ3n) is 2.46. The molecule has 0 radical (unpaired) electrons. The molecule has 0 saturated heterocycles. The minimum Gasteiger partial charge on any atom is -0.404 e. The Balaban J connectivity index is 3.06. The van der Waals surface area contributed by atoms with Crippen LogP contribution in [0.1, 0.15) is 16.8 Å². The summed E-state index contributed by atoms with van der Waals surface area (Å²) >= 11 is 11.7. The highest BCUT2D eigenvalue weighted by molar-refractivity contribution is 6.39. The summed E-state index contributed by atoms with van der Waals surface area (Å²) < 4.78 is 25.5. The third-order valence-corrected chi connectivity index (χ3v) is 3.03. The van der Waals surface area contributed by atoms with E-state index in [0.29, 0.717) is 0 Å². The zero-order valence-corrected chi connectivity index (χ0v) is 11.9. The summed E-state index contributed by atoms with van der Waals surface area (Å²) in [6.07, 6.45) is 0.209. The van der Waals surface area contributed by atoms with E-state index < -0.39 is 17.9 Å². The van der Waals surface area contributed by atoms with Crippen molar-refractivity contribution in [1.29, 1.82) is 0 Å². The van der Waals surface area contributed by atoms with Crippen LogP contribution in [0.25, 0.3) is 0 Å². The van der Waals surface area contributed by atoms with Gasteiger partial charge in [0.15, 0.2) is 5.78 Å². The van der Waals surface area contributed by atoms with Gasteiger partial charge in [-0.3, -0.25) is 14.8 Å². The lowest BCUT2D eigenvalue weighted by molar-refractivity contribution is 0.0994. The van der Waals surface area contributed by atoms with Crippen LogP contribution in [0.4, 0.5) is 8.78 Å². The van der Waals surface area contributed by atoms with Gasteiger partial charge in [0.05, 0.1) is 15.6 Å². The summed E-state index contributed by atoms with van der Waals surface area (Å²) in [5.41, 5.74) is 4.69. The molecular formula is C12H11Cl2F2N3O. The molecule has 0 atom stereocenters. The van der Waals surface area contributed by atoms with E-state index in [4.69, 9.17) is 28.9 Å². The third kappa shape index (κ3) is 3.74. The number of hydrogen-bond acceptors (Lipinski definition) is 4. The molecular weight excluding hydrogens is 311 g/mol. The van der Waals surface area contributed by atoms with Gasteiger partial charge in [0.2, 0.25) is 0 Å². The summed E-state index contributed by atoms with van der Waals surface area (Å²) in [4.78, 5) is 19.3. The molecule has 0 amide bonds. The molecule has 1 heterocycles. The molecule has 0 fully saturated rings. The highest BCUT2D eigenvalue weighted by atomic mass is 35.5. The number of ketones is 1. The second-order valence-electron chi connectivity index (χ2n) is 3.68. The molecule has 0 bridgehead atoms. The van der Waals surface area contributed by atoms with E-state index in [-0.39, 0.29) is 27.6 Å². The lowest BCUT2D eigenvalue weighted by Gasteiger charge is -2.10. The molecule has 1 aromatic rings. The molecule has 0 spiro atoms. The lowest BCUT2D eigenvalue weighted by Crippen LogP contribution is -2.18. The molecule has 1 rings (SSSR count). The number of nitrogens with two attached hydrogens (primary N) is 1. The quantitative estimate of drug-likeness (QED) is 0.669. The summed E-state index contributed by atoms with van der Waals surface area (Å²) in [6.45, 7) is 0. The minimum absolute atomic E-state index is 0.0207. The van der Waals surface area contributed by atoms with Crippen LogP contribution >= 0.6 is 23.2 Å². The maximum atomic E-state index is 12.7. The lowest BCUT2D eigenvalue weighted by atomic mass is 10.0. The topological polar surface area (TPSA) is 68.3 Å². The molecule has 8 heteroatoms. The predicted molar refractivity (Wildman–Crippen MR) is 74.8 cm³/mol. The van der Waals surface area contributed by atoms with Gasteiger partial charge in [-0.2, -0.15) is 0 Å². The smallest absolute Gasteiger partial charge is 0.280 e. The van der Waals surface area contributed by atoms with Gasteiger partial charge in [0.25, 0.3) is 6.43 Å². The van der Waals surface area contributed by atoms with Gasteiger partial charge < -0.3 is 5.73 Å². The van der Waals surface area contributed by atoms with E-state index in [1.807, 2.05) is 0 Å². The normalized spacial score (nSPS) is 12.9. The van der Waals surface area contributed by atoms with E-state index in [9.17, 15) is 13.6 Å². The number of carbonyl (C=O) groups excluding carboxylic acids is 1. The van der Waals surface area contributed by atoms with Crippen molar-refractivity contribution in [2.75, 3.05) is 7.05 Å². The number of nitrogens with zero attached hydrogens (tertiary/aromatic N) is 2. The maximum Gasteiger partial charge on any atom is 0.280 e. The Kier molecular flexibility index (Phi) is 6.04. The Bertz CT molecular complexity index is 554. The first-order valence-electron chi connectivity index (χ1n) is 5.40. The van der Waals surface area contributed by atoms with E-state index in [1.54, 1.807) is 0 Å². The van der Waals surface area contributed by atoms with Gasteiger partial charge >= 0.3 is 0 Å². The van der Waals surface area contributed by atoms with Crippen molar-refractivity contribution in [2.24, 2.45) is 10.7 Å². The molecule has 108 valence electrons. The SMILES string of the molecule is CN=C(C(=CN)CC(=O)c1c(Cl)cncc1Cl)C(F)F. The van der Waals surface area contributed by atoms with Crippen molar-refractivity contribution in [2.45, 2.75) is 12.8 Å². The van der Waals surface area contributed by atoms with Crippen molar-refractivity contribution in [1.82, 2.24) is 4.98 Å². The first-order chi connectivity index (χ1) is 9.42. The Labute approximate surface area is 124 Å². The number of Topliss-reactive ketones (excluding diaryl/α,β-unsaturated/α-hetero) is 1. The average molecular weight is 322 g/mol. The van der Waals surface area contributed by atoms with Gasteiger partial charge in [0.1, 0.15) is 5.71 Å². The van der Waals surface area contributed by atoms with E-state index in [0.717, 1.165) is 6.20 Å². The second kappa shape index (κ2) is 7.31. The largest absolute Gasteiger partial charge is 0.404 e.